The van der Waals surface area contributed by atoms with Crippen molar-refractivity contribution >= 4 is 17.1 Å². The van der Waals surface area contributed by atoms with Gasteiger partial charge in [0.25, 0.3) is 0 Å². The van der Waals surface area contributed by atoms with E-state index in [0.717, 1.165) is 11.1 Å². The number of carbonyl (C=O) groups excluding carboxylic acids is 1. The zero-order valence-electron chi connectivity index (χ0n) is 17.4. The van der Waals surface area contributed by atoms with Gasteiger partial charge in [0.15, 0.2) is 5.65 Å². The molecule has 1 aliphatic rings. The summed E-state index contributed by atoms with van der Waals surface area (Å²) in [5.74, 6) is -0.385. The van der Waals surface area contributed by atoms with E-state index in [-0.39, 0.29) is 18.2 Å². The van der Waals surface area contributed by atoms with Gasteiger partial charge in [0.2, 0.25) is 0 Å². The number of carbonyl (C=O) groups is 1. The molecule has 0 saturated carbocycles. The Bertz CT molecular complexity index is 1340. The molecule has 1 fully saturated rings. The Morgan fingerprint density at radius 2 is 1.75 bits per heavy atom. The van der Waals surface area contributed by atoms with Gasteiger partial charge < -0.3 is 10.1 Å². The van der Waals surface area contributed by atoms with Gasteiger partial charge in [-0.1, -0.05) is 24.3 Å². The number of fused-ring (bicyclic) bond motifs is 1. The zero-order chi connectivity index (χ0) is 22.2. The summed E-state index contributed by atoms with van der Waals surface area (Å²) in [6.07, 6.45) is 0.461. The lowest BCUT2D eigenvalue weighted by Crippen LogP contribution is -2.31. The first kappa shape index (κ1) is 20.1. The van der Waals surface area contributed by atoms with E-state index in [0.29, 0.717) is 29.0 Å². The maximum atomic E-state index is 14.4. The lowest BCUT2D eigenvalue weighted by Gasteiger charge is -2.12. The van der Waals surface area contributed by atoms with Gasteiger partial charge in [0.1, 0.15) is 6.17 Å². The van der Waals surface area contributed by atoms with Gasteiger partial charge in [-0.05, 0) is 47.5 Å². The number of imidazole rings is 1. The summed E-state index contributed by atoms with van der Waals surface area (Å²) in [7, 11) is 1.35. The number of alkyl halides is 1. The molecule has 1 N–H and O–H groups in total. The van der Waals surface area contributed by atoms with Crippen LogP contribution in [0.3, 0.4) is 0 Å². The molecule has 4 aromatic rings. The monoisotopic (exact) mass is 432 g/mol. The minimum Gasteiger partial charge on any atom is -0.465 e. The summed E-state index contributed by atoms with van der Waals surface area (Å²) in [5, 5.41) is 3.00. The predicted molar refractivity (Wildman–Crippen MR) is 119 cm³/mol. The van der Waals surface area contributed by atoms with Crippen LogP contribution >= 0.6 is 0 Å². The highest BCUT2D eigenvalue weighted by molar-refractivity contribution is 5.90. The number of methoxy groups -OCH3 is 1. The average molecular weight is 432 g/mol. The third kappa shape index (κ3) is 3.29. The Labute approximate surface area is 183 Å². The van der Waals surface area contributed by atoms with Crippen molar-refractivity contribution in [2.45, 2.75) is 12.2 Å². The van der Waals surface area contributed by atoms with Gasteiger partial charge in [0.05, 0.1) is 29.9 Å². The second-order valence-corrected chi connectivity index (χ2v) is 7.69. The van der Waals surface area contributed by atoms with Crippen molar-refractivity contribution in [2.24, 2.45) is 0 Å². The maximum absolute atomic E-state index is 14.4. The van der Waals surface area contributed by atoms with Gasteiger partial charge in [-0.15, -0.1) is 0 Å². The quantitative estimate of drug-likeness (QED) is 0.502. The fourth-order valence-corrected chi connectivity index (χ4v) is 4.20. The lowest BCUT2D eigenvalue weighted by atomic mass is 10.0. The van der Waals surface area contributed by atoms with Gasteiger partial charge in [-0.2, -0.15) is 0 Å². The minimum atomic E-state index is -1.15. The molecule has 1 aliphatic heterocycles. The number of nitrogens with zero attached hydrogens (tertiary/aromatic N) is 3. The van der Waals surface area contributed by atoms with Crippen LogP contribution < -0.4 is 11.0 Å². The van der Waals surface area contributed by atoms with Gasteiger partial charge in [-0.25, -0.2) is 19.0 Å². The molecule has 3 heterocycles. The van der Waals surface area contributed by atoms with E-state index in [1.807, 2.05) is 42.5 Å². The molecule has 162 valence electrons. The Kier molecular flexibility index (Phi) is 5.07. The van der Waals surface area contributed by atoms with E-state index in [4.69, 9.17) is 4.74 Å². The molecular formula is C24H21FN4O3. The Hall–Kier alpha value is -3.78. The van der Waals surface area contributed by atoms with Crippen molar-refractivity contribution in [3.8, 4) is 16.8 Å². The lowest BCUT2D eigenvalue weighted by molar-refractivity contribution is 0.0600. The van der Waals surface area contributed by atoms with Crippen molar-refractivity contribution in [1.82, 2.24) is 19.4 Å². The van der Waals surface area contributed by atoms with Gasteiger partial charge >= 0.3 is 11.7 Å². The summed E-state index contributed by atoms with van der Waals surface area (Å²) in [6.45, 7) is 0.608. The maximum Gasteiger partial charge on any atom is 0.337 e. The molecule has 8 heteroatoms. The summed E-state index contributed by atoms with van der Waals surface area (Å²) in [6, 6.07) is 17.6. The van der Waals surface area contributed by atoms with Crippen LogP contribution in [0.25, 0.3) is 28.0 Å². The van der Waals surface area contributed by atoms with Crippen LogP contribution in [0.1, 0.15) is 16.4 Å². The van der Waals surface area contributed by atoms with Crippen molar-refractivity contribution in [1.29, 1.82) is 0 Å². The topological polar surface area (TPSA) is 78.1 Å². The number of pyridine rings is 1. The molecule has 32 heavy (non-hydrogen) atoms. The minimum absolute atomic E-state index is 0.222. The highest BCUT2D eigenvalue weighted by Crippen LogP contribution is 2.26. The molecule has 0 spiro atoms. The van der Waals surface area contributed by atoms with Crippen molar-refractivity contribution in [3.05, 3.63) is 82.9 Å². The third-order valence-electron chi connectivity index (χ3n) is 5.84. The molecule has 2 aromatic heterocycles. The number of hydrogen-bond acceptors (Lipinski definition) is 5. The largest absolute Gasteiger partial charge is 0.465 e. The number of halogens is 1. The molecule has 2 atom stereocenters. The molecule has 0 unspecified atom stereocenters. The Morgan fingerprint density at radius 1 is 1.06 bits per heavy atom. The fourth-order valence-electron chi connectivity index (χ4n) is 4.20. The SMILES string of the molecule is COC(=O)c1ccc(-c2ccc(-n3c(=O)n([C@@H]4CNC[C@H]4F)c4ncccc43)cc2)cc1. The average Bonchev–Trinajstić information content (AvgIpc) is 3.38. The van der Waals surface area contributed by atoms with Gasteiger partial charge in [-0.3, -0.25) is 9.13 Å². The number of rotatable bonds is 4. The smallest absolute Gasteiger partial charge is 0.337 e. The van der Waals surface area contributed by atoms with Crippen molar-refractivity contribution < 1.29 is 13.9 Å². The molecule has 1 saturated heterocycles. The number of nitrogens with one attached hydrogen (secondary N) is 1. The number of aromatic nitrogens is 3. The second-order valence-electron chi connectivity index (χ2n) is 7.69. The van der Waals surface area contributed by atoms with Crippen LogP contribution in [-0.4, -0.2) is 46.5 Å². The third-order valence-corrected chi connectivity index (χ3v) is 5.84. The van der Waals surface area contributed by atoms with E-state index >= 15 is 0 Å². The Morgan fingerprint density at radius 3 is 2.38 bits per heavy atom. The normalized spacial score (nSPS) is 18.2. The number of benzene rings is 2. The zero-order valence-corrected chi connectivity index (χ0v) is 17.4. The van der Waals surface area contributed by atoms with Crippen LogP contribution in [0.4, 0.5) is 4.39 Å². The number of ether oxygens (including phenoxy) is 1. The van der Waals surface area contributed by atoms with E-state index in [2.05, 4.69) is 10.3 Å². The first-order valence-corrected chi connectivity index (χ1v) is 10.3. The Balaban J connectivity index is 1.55. The van der Waals surface area contributed by atoms with Gasteiger partial charge in [0, 0.05) is 19.3 Å². The van der Waals surface area contributed by atoms with Crippen molar-refractivity contribution in [2.75, 3.05) is 20.2 Å². The molecule has 0 radical (unpaired) electrons. The second kappa shape index (κ2) is 8.05. The molecule has 0 bridgehead atoms. The molecule has 7 nitrogen and oxygen atoms in total. The molecule has 5 rings (SSSR count). The van der Waals surface area contributed by atoms with Crippen LogP contribution in [0.5, 0.6) is 0 Å². The highest BCUT2D eigenvalue weighted by atomic mass is 19.1. The first-order chi connectivity index (χ1) is 15.6. The fraction of sp³-hybridized carbons (Fsp3) is 0.208. The van der Waals surface area contributed by atoms with E-state index in [1.165, 1.54) is 11.7 Å². The highest BCUT2D eigenvalue weighted by Gasteiger charge is 2.32. The van der Waals surface area contributed by atoms with E-state index in [9.17, 15) is 14.0 Å². The summed E-state index contributed by atoms with van der Waals surface area (Å²) in [4.78, 5) is 29.4. The summed E-state index contributed by atoms with van der Waals surface area (Å²) in [5.41, 5.74) is 3.80. The molecular weight excluding hydrogens is 411 g/mol. The molecule has 2 aromatic carbocycles. The van der Waals surface area contributed by atoms with Crippen LogP contribution in [0.2, 0.25) is 0 Å². The standard InChI is InChI=1S/C24H21FN4O3/c1-32-23(30)17-6-4-15(5-7-17)16-8-10-18(11-9-16)28-20-3-2-12-27-22(20)29(24(28)31)21-14-26-13-19(21)25/h2-12,19,21,26H,13-14H2,1H3/t19-,21-/m1/s1. The number of esters is 1. The number of hydrogen-bond donors (Lipinski definition) is 1. The predicted octanol–water partition coefficient (Wildman–Crippen LogP) is 3.12. The summed E-state index contributed by atoms with van der Waals surface area (Å²) >= 11 is 0. The van der Waals surface area contributed by atoms with E-state index < -0.39 is 12.2 Å². The van der Waals surface area contributed by atoms with Crippen molar-refractivity contribution in [3.63, 3.8) is 0 Å². The first-order valence-electron chi connectivity index (χ1n) is 10.3. The van der Waals surface area contributed by atoms with E-state index in [1.54, 1.807) is 29.0 Å². The molecule has 0 aliphatic carbocycles. The molecule has 0 amide bonds. The summed E-state index contributed by atoms with van der Waals surface area (Å²) < 4.78 is 22.2. The van der Waals surface area contributed by atoms with Crippen LogP contribution in [0, 0.1) is 0 Å². The van der Waals surface area contributed by atoms with Crippen LogP contribution in [-0.2, 0) is 4.74 Å². The van der Waals surface area contributed by atoms with Crippen LogP contribution in [0.15, 0.2) is 71.7 Å².